The molecule has 1 atom stereocenters. The van der Waals surface area contributed by atoms with Crippen LogP contribution in [0.15, 0.2) is 24.3 Å². The van der Waals surface area contributed by atoms with Crippen LogP contribution in [0.25, 0.3) is 0 Å². The Morgan fingerprint density at radius 1 is 1.27 bits per heavy atom. The number of halogens is 1. The lowest BCUT2D eigenvalue weighted by molar-refractivity contribution is -0.00436. The molecule has 2 aliphatic rings. The van der Waals surface area contributed by atoms with Gasteiger partial charge in [0.05, 0.1) is 12.7 Å². The molecule has 1 spiro atoms. The Bertz CT molecular complexity index is 348. The van der Waals surface area contributed by atoms with E-state index in [9.17, 15) is 4.39 Å². The van der Waals surface area contributed by atoms with Gasteiger partial charge in [-0.1, -0.05) is 12.1 Å². The highest BCUT2D eigenvalue weighted by molar-refractivity contribution is 5.20. The van der Waals surface area contributed by atoms with Crippen molar-refractivity contribution in [3.05, 3.63) is 35.6 Å². The maximum Gasteiger partial charge on any atom is 0.123 e. The summed E-state index contributed by atoms with van der Waals surface area (Å²) in [4.78, 5) is 0. The first-order valence-electron chi connectivity index (χ1n) is 5.40. The summed E-state index contributed by atoms with van der Waals surface area (Å²) in [5.74, 6) is -0.193. The molecular formula is C12H14FNO. The van der Waals surface area contributed by atoms with Crippen LogP contribution >= 0.6 is 0 Å². The minimum absolute atomic E-state index is 0.0804. The van der Waals surface area contributed by atoms with E-state index in [0.29, 0.717) is 0 Å². The highest BCUT2D eigenvalue weighted by Gasteiger charge is 2.45. The Labute approximate surface area is 88.4 Å². The molecule has 2 nitrogen and oxygen atoms in total. The van der Waals surface area contributed by atoms with Crippen molar-refractivity contribution in [3.8, 4) is 0 Å². The molecule has 3 rings (SSSR count). The van der Waals surface area contributed by atoms with Crippen LogP contribution in [0.1, 0.15) is 24.5 Å². The number of hydrogen-bond acceptors (Lipinski definition) is 2. The lowest BCUT2D eigenvalue weighted by Crippen LogP contribution is -2.44. The molecule has 1 N–H and O–H groups in total. The molecule has 1 aliphatic carbocycles. The SMILES string of the molecule is Fc1ccc(C2CNC3(CC3)CO2)cc1. The molecule has 1 saturated heterocycles. The number of benzene rings is 1. The van der Waals surface area contributed by atoms with Crippen LogP contribution in [0.5, 0.6) is 0 Å². The summed E-state index contributed by atoms with van der Waals surface area (Å²) in [5, 5.41) is 3.51. The van der Waals surface area contributed by atoms with Crippen molar-refractivity contribution in [2.75, 3.05) is 13.2 Å². The first kappa shape index (κ1) is 9.31. The van der Waals surface area contributed by atoms with E-state index < -0.39 is 0 Å². The molecule has 0 amide bonds. The van der Waals surface area contributed by atoms with Gasteiger partial charge in [0.2, 0.25) is 0 Å². The van der Waals surface area contributed by atoms with E-state index in [-0.39, 0.29) is 17.5 Å². The molecule has 0 bridgehead atoms. The minimum atomic E-state index is -0.193. The van der Waals surface area contributed by atoms with Crippen LogP contribution in [0, 0.1) is 5.82 Å². The summed E-state index contributed by atoms with van der Waals surface area (Å²) in [6.45, 7) is 1.63. The van der Waals surface area contributed by atoms with Crippen LogP contribution in [0.3, 0.4) is 0 Å². The molecule has 1 saturated carbocycles. The fourth-order valence-corrected chi connectivity index (χ4v) is 2.04. The van der Waals surface area contributed by atoms with Crippen molar-refractivity contribution in [3.63, 3.8) is 0 Å². The van der Waals surface area contributed by atoms with Gasteiger partial charge in [0.15, 0.2) is 0 Å². The smallest absolute Gasteiger partial charge is 0.123 e. The van der Waals surface area contributed by atoms with Crippen LogP contribution in [0.2, 0.25) is 0 Å². The Hall–Kier alpha value is -0.930. The standard InChI is InChI=1S/C12H14FNO/c13-10-3-1-9(2-4-10)11-7-14-12(5-6-12)8-15-11/h1-4,11,14H,5-8H2. The number of nitrogens with one attached hydrogen (secondary N) is 1. The van der Waals surface area contributed by atoms with Gasteiger partial charge in [0.1, 0.15) is 5.82 Å². The second-order valence-electron chi connectivity index (χ2n) is 4.51. The Morgan fingerprint density at radius 2 is 2.00 bits per heavy atom. The average Bonchev–Trinajstić information content (AvgIpc) is 3.01. The molecule has 1 heterocycles. The molecule has 0 radical (unpaired) electrons. The summed E-state index contributed by atoms with van der Waals surface area (Å²) >= 11 is 0. The van der Waals surface area contributed by atoms with E-state index in [2.05, 4.69) is 5.32 Å². The number of ether oxygens (including phenoxy) is 1. The fourth-order valence-electron chi connectivity index (χ4n) is 2.04. The van der Waals surface area contributed by atoms with Crippen molar-refractivity contribution < 1.29 is 9.13 Å². The fraction of sp³-hybridized carbons (Fsp3) is 0.500. The van der Waals surface area contributed by atoms with Crippen LogP contribution < -0.4 is 5.32 Å². The zero-order chi connectivity index (χ0) is 10.3. The lowest BCUT2D eigenvalue weighted by atomic mass is 10.1. The van der Waals surface area contributed by atoms with Crippen molar-refractivity contribution in [2.24, 2.45) is 0 Å². The summed E-state index contributed by atoms with van der Waals surface area (Å²) in [5.41, 5.74) is 1.34. The molecule has 15 heavy (non-hydrogen) atoms. The third kappa shape index (κ3) is 1.77. The van der Waals surface area contributed by atoms with Gasteiger partial charge in [-0.25, -0.2) is 4.39 Å². The average molecular weight is 207 g/mol. The lowest BCUT2D eigenvalue weighted by Gasteiger charge is -2.30. The van der Waals surface area contributed by atoms with Crippen molar-refractivity contribution in [1.82, 2.24) is 5.32 Å². The van der Waals surface area contributed by atoms with Gasteiger partial charge in [0.25, 0.3) is 0 Å². The molecule has 80 valence electrons. The van der Waals surface area contributed by atoms with Crippen molar-refractivity contribution in [2.45, 2.75) is 24.5 Å². The number of morpholine rings is 1. The molecule has 2 fully saturated rings. The second kappa shape index (κ2) is 3.29. The van der Waals surface area contributed by atoms with Gasteiger partial charge in [-0.2, -0.15) is 0 Å². The van der Waals surface area contributed by atoms with Gasteiger partial charge < -0.3 is 10.1 Å². The zero-order valence-electron chi connectivity index (χ0n) is 8.50. The van der Waals surface area contributed by atoms with E-state index in [1.807, 2.05) is 0 Å². The molecule has 1 aromatic carbocycles. The van der Waals surface area contributed by atoms with Gasteiger partial charge in [-0.3, -0.25) is 0 Å². The summed E-state index contributed by atoms with van der Waals surface area (Å²) in [7, 11) is 0. The first-order valence-corrected chi connectivity index (χ1v) is 5.40. The third-order valence-electron chi connectivity index (χ3n) is 3.32. The summed E-state index contributed by atoms with van der Waals surface area (Å²) < 4.78 is 18.5. The topological polar surface area (TPSA) is 21.3 Å². The predicted octanol–water partition coefficient (Wildman–Crippen LogP) is 2.02. The normalized spacial score (nSPS) is 27.9. The van der Waals surface area contributed by atoms with Crippen LogP contribution in [-0.2, 0) is 4.74 Å². The quantitative estimate of drug-likeness (QED) is 0.760. The van der Waals surface area contributed by atoms with E-state index in [0.717, 1.165) is 18.7 Å². The second-order valence-corrected chi connectivity index (χ2v) is 4.51. The van der Waals surface area contributed by atoms with E-state index in [1.165, 1.54) is 25.0 Å². The summed E-state index contributed by atoms with van der Waals surface area (Å²) in [6.07, 6.45) is 2.53. The Balaban J connectivity index is 1.70. The van der Waals surface area contributed by atoms with Crippen molar-refractivity contribution >= 4 is 0 Å². The van der Waals surface area contributed by atoms with Gasteiger partial charge in [0, 0.05) is 12.1 Å². The van der Waals surface area contributed by atoms with E-state index in [4.69, 9.17) is 4.74 Å². The molecule has 1 aromatic rings. The largest absolute Gasteiger partial charge is 0.370 e. The van der Waals surface area contributed by atoms with E-state index >= 15 is 0 Å². The molecule has 3 heteroatoms. The maximum absolute atomic E-state index is 12.7. The van der Waals surface area contributed by atoms with Crippen LogP contribution in [-0.4, -0.2) is 18.7 Å². The van der Waals surface area contributed by atoms with Gasteiger partial charge in [-0.05, 0) is 30.5 Å². The molecule has 1 aliphatic heterocycles. The highest BCUT2D eigenvalue weighted by atomic mass is 19.1. The Kier molecular flexibility index (Phi) is 2.04. The monoisotopic (exact) mass is 207 g/mol. The van der Waals surface area contributed by atoms with E-state index in [1.54, 1.807) is 12.1 Å². The zero-order valence-corrected chi connectivity index (χ0v) is 8.50. The molecule has 1 unspecified atom stereocenters. The molecular weight excluding hydrogens is 193 g/mol. The minimum Gasteiger partial charge on any atom is -0.370 e. The number of rotatable bonds is 1. The first-order chi connectivity index (χ1) is 7.27. The Morgan fingerprint density at radius 3 is 2.53 bits per heavy atom. The van der Waals surface area contributed by atoms with Gasteiger partial charge in [-0.15, -0.1) is 0 Å². The van der Waals surface area contributed by atoms with Crippen LogP contribution in [0.4, 0.5) is 4.39 Å². The summed E-state index contributed by atoms with van der Waals surface area (Å²) in [6, 6.07) is 6.57. The van der Waals surface area contributed by atoms with Crippen molar-refractivity contribution in [1.29, 1.82) is 0 Å². The predicted molar refractivity (Wildman–Crippen MR) is 55.1 cm³/mol. The maximum atomic E-state index is 12.7. The number of hydrogen-bond donors (Lipinski definition) is 1. The van der Waals surface area contributed by atoms with Gasteiger partial charge >= 0.3 is 0 Å². The third-order valence-corrected chi connectivity index (χ3v) is 3.32. The highest BCUT2D eigenvalue weighted by Crippen LogP contribution is 2.39. The molecule has 0 aromatic heterocycles.